The number of para-hydroxylation sites is 1. The van der Waals surface area contributed by atoms with Gasteiger partial charge in [-0.1, -0.05) is 73.5 Å². The number of benzene rings is 2. The van der Waals surface area contributed by atoms with Crippen LogP contribution in [0.15, 0.2) is 59.1 Å². The number of nitrogens with zero attached hydrogens (tertiary/aromatic N) is 1. The lowest BCUT2D eigenvalue weighted by Gasteiger charge is -2.36. The van der Waals surface area contributed by atoms with Gasteiger partial charge in [0, 0.05) is 20.3 Å². The summed E-state index contributed by atoms with van der Waals surface area (Å²) in [7, 11) is 0. The number of thiophene rings is 1. The third-order valence-corrected chi connectivity index (χ3v) is 9.55. The average Bonchev–Trinajstić information content (AvgIpc) is 3.25. The maximum Gasteiger partial charge on any atom is 0.257 e. The largest absolute Gasteiger partial charge is 0.365 e. The number of amides is 2. The molecule has 0 bridgehead atoms. The first-order valence-corrected chi connectivity index (χ1v) is 14.2. The standard InChI is InChI=1S/C30H30BrN3O2S/c1-4-30(2,3)18-11-14-21-25(15-18)37-29(26(21)27(32)35)34-28(36)22-16-24(17-9-12-19(31)13-10-17)33-23-8-6-5-7-20(22)23/h5-10,12-13,16,18H,4,11,14-15H2,1-3H3,(H2,32,35)(H,34,36). The van der Waals surface area contributed by atoms with Crippen LogP contribution in [0, 0.1) is 11.3 Å². The van der Waals surface area contributed by atoms with E-state index in [1.165, 1.54) is 11.3 Å². The quantitative estimate of drug-likeness (QED) is 0.248. The van der Waals surface area contributed by atoms with E-state index in [2.05, 4.69) is 42.0 Å². The molecule has 0 radical (unpaired) electrons. The first kappa shape index (κ1) is 25.6. The zero-order valence-corrected chi connectivity index (χ0v) is 23.6. The minimum atomic E-state index is -0.490. The fourth-order valence-corrected chi connectivity index (χ4v) is 6.78. The number of fused-ring (bicyclic) bond motifs is 2. The number of carbonyl (C=O) groups excluding carboxylic acids is 2. The van der Waals surface area contributed by atoms with Crippen molar-refractivity contribution in [2.45, 2.75) is 46.5 Å². The number of hydrogen-bond donors (Lipinski definition) is 2. The predicted octanol–water partition coefficient (Wildman–Crippen LogP) is 7.62. The normalized spacial score (nSPS) is 15.4. The van der Waals surface area contributed by atoms with Gasteiger partial charge in [0.2, 0.25) is 0 Å². The molecule has 1 unspecified atom stereocenters. The zero-order valence-electron chi connectivity index (χ0n) is 21.2. The Morgan fingerprint density at radius 3 is 2.59 bits per heavy atom. The minimum Gasteiger partial charge on any atom is -0.365 e. The van der Waals surface area contributed by atoms with Crippen molar-refractivity contribution < 1.29 is 9.59 Å². The van der Waals surface area contributed by atoms with E-state index in [-0.39, 0.29) is 11.3 Å². The van der Waals surface area contributed by atoms with Crippen molar-refractivity contribution in [3.8, 4) is 11.3 Å². The van der Waals surface area contributed by atoms with Crippen LogP contribution >= 0.6 is 27.3 Å². The summed E-state index contributed by atoms with van der Waals surface area (Å²) in [6.45, 7) is 6.85. The SMILES string of the molecule is CCC(C)(C)C1CCc2c(sc(NC(=O)c3cc(-c4ccc(Br)cc4)nc4ccccc34)c2C(N)=O)C1. The third-order valence-electron chi connectivity index (χ3n) is 7.86. The molecule has 0 saturated carbocycles. The number of hydrogen-bond acceptors (Lipinski definition) is 4. The highest BCUT2D eigenvalue weighted by atomic mass is 79.9. The Balaban J connectivity index is 1.53. The van der Waals surface area contributed by atoms with Crippen molar-refractivity contribution in [1.82, 2.24) is 4.98 Å². The number of pyridine rings is 1. The van der Waals surface area contributed by atoms with Gasteiger partial charge in [-0.25, -0.2) is 4.98 Å². The molecule has 1 aliphatic carbocycles. The maximum atomic E-state index is 13.7. The number of carbonyl (C=O) groups is 2. The topological polar surface area (TPSA) is 85.1 Å². The van der Waals surface area contributed by atoms with Gasteiger partial charge in [-0.05, 0) is 60.4 Å². The summed E-state index contributed by atoms with van der Waals surface area (Å²) < 4.78 is 0.972. The molecule has 0 saturated heterocycles. The van der Waals surface area contributed by atoms with Crippen LogP contribution in [0.4, 0.5) is 5.00 Å². The van der Waals surface area contributed by atoms with Crippen molar-refractivity contribution in [1.29, 1.82) is 0 Å². The van der Waals surface area contributed by atoms with E-state index >= 15 is 0 Å². The fraction of sp³-hybridized carbons (Fsp3) is 0.300. The summed E-state index contributed by atoms with van der Waals surface area (Å²) >= 11 is 4.97. The van der Waals surface area contributed by atoms with Crippen LogP contribution in [0.2, 0.25) is 0 Å². The van der Waals surface area contributed by atoms with E-state index in [0.717, 1.165) is 57.1 Å². The molecule has 7 heteroatoms. The molecule has 1 aliphatic rings. The van der Waals surface area contributed by atoms with Crippen molar-refractivity contribution >= 4 is 55.0 Å². The van der Waals surface area contributed by atoms with Crippen LogP contribution in [-0.4, -0.2) is 16.8 Å². The van der Waals surface area contributed by atoms with Gasteiger partial charge in [0.25, 0.3) is 11.8 Å². The second-order valence-electron chi connectivity index (χ2n) is 10.4. The highest BCUT2D eigenvalue weighted by Crippen LogP contribution is 2.45. The Labute approximate surface area is 229 Å². The van der Waals surface area contributed by atoms with E-state index < -0.39 is 5.91 Å². The molecule has 2 heterocycles. The molecular formula is C30H30BrN3O2S. The number of aromatic nitrogens is 1. The van der Waals surface area contributed by atoms with Crippen LogP contribution in [0.25, 0.3) is 22.2 Å². The zero-order chi connectivity index (χ0) is 26.3. The second kappa shape index (κ2) is 10.0. The first-order valence-electron chi connectivity index (χ1n) is 12.6. The Kier molecular flexibility index (Phi) is 6.94. The molecular weight excluding hydrogens is 546 g/mol. The van der Waals surface area contributed by atoms with Crippen LogP contribution < -0.4 is 11.1 Å². The summed E-state index contributed by atoms with van der Waals surface area (Å²) in [4.78, 5) is 32.2. The molecule has 0 spiro atoms. The van der Waals surface area contributed by atoms with E-state index in [1.807, 2.05) is 54.6 Å². The Bertz CT molecular complexity index is 1510. The highest BCUT2D eigenvalue weighted by Gasteiger charge is 2.35. The van der Waals surface area contributed by atoms with Crippen LogP contribution in [0.3, 0.4) is 0 Å². The molecule has 37 heavy (non-hydrogen) atoms. The van der Waals surface area contributed by atoms with Crippen LogP contribution in [-0.2, 0) is 12.8 Å². The fourth-order valence-electron chi connectivity index (χ4n) is 5.19. The molecule has 5 nitrogen and oxygen atoms in total. The third kappa shape index (κ3) is 4.94. The van der Waals surface area contributed by atoms with Gasteiger partial charge in [0.1, 0.15) is 5.00 Å². The molecule has 190 valence electrons. The summed E-state index contributed by atoms with van der Waals surface area (Å²) in [5.74, 6) is -0.231. The summed E-state index contributed by atoms with van der Waals surface area (Å²) in [6, 6.07) is 17.3. The van der Waals surface area contributed by atoms with Gasteiger partial charge in [0.05, 0.1) is 22.3 Å². The molecule has 3 N–H and O–H groups in total. The number of nitrogens with one attached hydrogen (secondary N) is 1. The Morgan fingerprint density at radius 1 is 1.16 bits per heavy atom. The molecule has 2 aromatic carbocycles. The van der Waals surface area contributed by atoms with E-state index in [4.69, 9.17) is 10.7 Å². The van der Waals surface area contributed by atoms with Gasteiger partial charge in [-0.3, -0.25) is 9.59 Å². The monoisotopic (exact) mass is 575 g/mol. The number of nitrogens with two attached hydrogens (primary N) is 1. The summed E-state index contributed by atoms with van der Waals surface area (Å²) in [5, 5.41) is 4.36. The lowest BCUT2D eigenvalue weighted by molar-refractivity contribution is 0.0999. The Morgan fingerprint density at radius 2 is 1.89 bits per heavy atom. The summed E-state index contributed by atoms with van der Waals surface area (Å²) in [6.07, 6.45) is 3.83. The molecule has 0 fully saturated rings. The van der Waals surface area contributed by atoms with Gasteiger partial charge >= 0.3 is 0 Å². The van der Waals surface area contributed by atoms with E-state index in [1.54, 1.807) is 0 Å². The molecule has 4 aromatic rings. The number of rotatable bonds is 6. The number of anilines is 1. The van der Waals surface area contributed by atoms with E-state index in [0.29, 0.717) is 27.7 Å². The second-order valence-corrected chi connectivity index (χ2v) is 12.4. The van der Waals surface area contributed by atoms with Gasteiger partial charge in [-0.15, -0.1) is 11.3 Å². The maximum absolute atomic E-state index is 13.7. The lowest BCUT2D eigenvalue weighted by atomic mass is 9.69. The average molecular weight is 577 g/mol. The number of halogens is 1. The molecule has 5 rings (SSSR count). The van der Waals surface area contributed by atoms with Crippen molar-refractivity contribution in [2.24, 2.45) is 17.1 Å². The van der Waals surface area contributed by atoms with Crippen molar-refractivity contribution in [3.05, 3.63) is 80.6 Å². The lowest BCUT2D eigenvalue weighted by Crippen LogP contribution is -2.29. The number of primary amides is 1. The van der Waals surface area contributed by atoms with Crippen molar-refractivity contribution in [2.75, 3.05) is 5.32 Å². The first-order chi connectivity index (χ1) is 17.7. The Hall–Kier alpha value is -3.03. The van der Waals surface area contributed by atoms with Gasteiger partial charge in [0.15, 0.2) is 0 Å². The molecule has 0 aliphatic heterocycles. The summed E-state index contributed by atoms with van der Waals surface area (Å²) in [5.41, 5.74) is 10.4. The van der Waals surface area contributed by atoms with Gasteiger partial charge < -0.3 is 11.1 Å². The smallest absolute Gasteiger partial charge is 0.257 e. The van der Waals surface area contributed by atoms with Gasteiger partial charge in [-0.2, -0.15) is 0 Å². The van der Waals surface area contributed by atoms with Crippen LogP contribution in [0.1, 0.15) is 64.8 Å². The minimum absolute atomic E-state index is 0.220. The predicted molar refractivity (Wildman–Crippen MR) is 155 cm³/mol. The van der Waals surface area contributed by atoms with Crippen molar-refractivity contribution in [3.63, 3.8) is 0 Å². The molecule has 1 atom stereocenters. The molecule has 2 amide bonds. The van der Waals surface area contributed by atoms with Crippen LogP contribution in [0.5, 0.6) is 0 Å². The van der Waals surface area contributed by atoms with E-state index in [9.17, 15) is 9.59 Å². The molecule has 2 aromatic heterocycles. The highest BCUT2D eigenvalue weighted by molar-refractivity contribution is 9.10.